The summed E-state index contributed by atoms with van der Waals surface area (Å²) in [6.45, 7) is 14.7. The zero-order valence-electron chi connectivity index (χ0n) is 16.6. The zero-order chi connectivity index (χ0) is 18.1. The molecule has 0 spiro atoms. The van der Waals surface area contributed by atoms with E-state index in [2.05, 4.69) is 45.9 Å². The molecule has 0 atom stereocenters. The van der Waals surface area contributed by atoms with Gasteiger partial charge in [-0.25, -0.2) is 0 Å². The van der Waals surface area contributed by atoms with E-state index in [0.29, 0.717) is 0 Å². The zero-order valence-corrected chi connectivity index (χ0v) is 16.6. The van der Waals surface area contributed by atoms with Crippen LogP contribution in [-0.2, 0) is 12.8 Å². The molecule has 0 saturated heterocycles. The molecular weight excluding hydrogens is 278 g/mol. The molecule has 0 unspecified atom stereocenters. The van der Waals surface area contributed by atoms with Crippen molar-refractivity contribution in [3.05, 3.63) is 46.5 Å². The summed E-state index contributed by atoms with van der Waals surface area (Å²) in [6, 6.07) is 6.94. The number of hydrogen-bond donors (Lipinski definition) is 1. The van der Waals surface area contributed by atoms with Crippen LogP contribution in [0.4, 0.5) is 0 Å². The highest BCUT2D eigenvalue weighted by Gasteiger charge is 1.99. The van der Waals surface area contributed by atoms with Crippen LogP contribution in [-0.4, -0.2) is 6.21 Å². The topological polar surface area (TPSA) is 23.9 Å². The molecule has 1 rings (SSSR count). The van der Waals surface area contributed by atoms with Crippen LogP contribution < -0.4 is 0 Å². The lowest BCUT2D eigenvalue weighted by Gasteiger charge is -2.07. The van der Waals surface area contributed by atoms with Gasteiger partial charge in [-0.05, 0) is 61.8 Å². The van der Waals surface area contributed by atoms with Crippen molar-refractivity contribution in [2.75, 3.05) is 0 Å². The number of nitrogens with one attached hydrogen (secondary N) is 1. The molecule has 1 heteroatoms. The van der Waals surface area contributed by atoms with Gasteiger partial charge in [0.15, 0.2) is 0 Å². The SMILES string of the molecule is CC.CC/C=C(/C)C=N.CCCCc1cc(CCC)ccc1C. The number of rotatable bonds is 7. The Hall–Kier alpha value is -1.37. The molecule has 0 fully saturated rings. The summed E-state index contributed by atoms with van der Waals surface area (Å²) < 4.78 is 0. The van der Waals surface area contributed by atoms with Gasteiger partial charge in [-0.1, -0.05) is 71.7 Å². The average molecular weight is 318 g/mol. The highest BCUT2D eigenvalue weighted by atomic mass is 14.3. The van der Waals surface area contributed by atoms with Crippen molar-refractivity contribution in [1.82, 2.24) is 0 Å². The standard InChI is InChI=1S/C14H22.C6H11N.C2H6/c1-4-6-8-14-11-13(7-5-2)10-9-12(14)3;1-3-4-6(2)5-7;1-2/h9-11H,4-8H2,1-3H3;4-5,7H,3H2,1-2H3;1-2H3/b;6-4-,7-5?;. The van der Waals surface area contributed by atoms with E-state index in [-0.39, 0.29) is 0 Å². The molecule has 1 aromatic rings. The predicted molar refractivity (Wildman–Crippen MR) is 108 cm³/mol. The van der Waals surface area contributed by atoms with E-state index < -0.39 is 0 Å². The summed E-state index contributed by atoms with van der Waals surface area (Å²) in [6.07, 6.45) is 10.7. The van der Waals surface area contributed by atoms with Crippen LogP contribution >= 0.6 is 0 Å². The van der Waals surface area contributed by atoms with Gasteiger partial charge in [-0.3, -0.25) is 0 Å². The van der Waals surface area contributed by atoms with Crippen molar-refractivity contribution in [2.45, 2.75) is 87.0 Å². The molecule has 0 saturated carbocycles. The van der Waals surface area contributed by atoms with Gasteiger partial charge in [0.05, 0.1) is 0 Å². The Bertz CT molecular complexity index is 430. The van der Waals surface area contributed by atoms with Crippen LogP contribution in [0.3, 0.4) is 0 Å². The van der Waals surface area contributed by atoms with Crippen molar-refractivity contribution in [3.63, 3.8) is 0 Å². The average Bonchev–Trinajstić information content (AvgIpc) is 2.58. The lowest BCUT2D eigenvalue weighted by molar-refractivity contribution is 0.788. The van der Waals surface area contributed by atoms with Crippen LogP contribution in [0.2, 0.25) is 0 Å². The van der Waals surface area contributed by atoms with E-state index in [1.807, 2.05) is 26.8 Å². The van der Waals surface area contributed by atoms with Crippen LogP contribution in [0.25, 0.3) is 0 Å². The van der Waals surface area contributed by atoms with Gasteiger partial charge in [0.2, 0.25) is 0 Å². The van der Waals surface area contributed by atoms with Gasteiger partial charge in [-0.2, -0.15) is 0 Å². The fraction of sp³-hybridized carbons (Fsp3) is 0.591. The number of allylic oxidation sites excluding steroid dienone is 2. The molecule has 0 aromatic heterocycles. The summed E-state index contributed by atoms with van der Waals surface area (Å²) in [5.74, 6) is 0. The highest BCUT2D eigenvalue weighted by molar-refractivity contribution is 5.74. The summed E-state index contributed by atoms with van der Waals surface area (Å²) in [7, 11) is 0. The third-order valence-corrected chi connectivity index (χ3v) is 3.51. The van der Waals surface area contributed by atoms with Crippen LogP contribution in [0.15, 0.2) is 29.8 Å². The van der Waals surface area contributed by atoms with Crippen molar-refractivity contribution in [2.24, 2.45) is 0 Å². The van der Waals surface area contributed by atoms with Crippen molar-refractivity contribution in [3.8, 4) is 0 Å². The number of hydrogen-bond acceptors (Lipinski definition) is 1. The molecule has 0 aliphatic rings. The van der Waals surface area contributed by atoms with Gasteiger partial charge in [0.1, 0.15) is 0 Å². The quantitative estimate of drug-likeness (QED) is 0.510. The Morgan fingerprint density at radius 1 is 1.04 bits per heavy atom. The van der Waals surface area contributed by atoms with Crippen LogP contribution in [0, 0.1) is 12.3 Å². The Kier molecular flexibility index (Phi) is 17.6. The van der Waals surface area contributed by atoms with E-state index in [0.717, 1.165) is 12.0 Å². The first-order chi connectivity index (χ1) is 11.1. The molecular formula is C22H39N. The molecule has 0 aliphatic heterocycles. The van der Waals surface area contributed by atoms with Crippen molar-refractivity contribution in [1.29, 1.82) is 5.41 Å². The monoisotopic (exact) mass is 317 g/mol. The second-order valence-electron chi connectivity index (χ2n) is 5.62. The van der Waals surface area contributed by atoms with E-state index in [9.17, 15) is 0 Å². The largest absolute Gasteiger partial charge is 0.308 e. The minimum atomic E-state index is 1.03. The van der Waals surface area contributed by atoms with Gasteiger partial charge in [0, 0.05) is 6.21 Å². The fourth-order valence-electron chi connectivity index (χ4n) is 2.19. The lowest BCUT2D eigenvalue weighted by Crippen LogP contribution is -1.92. The van der Waals surface area contributed by atoms with E-state index >= 15 is 0 Å². The van der Waals surface area contributed by atoms with E-state index in [1.165, 1.54) is 49.4 Å². The molecule has 132 valence electrons. The Labute approximate surface area is 145 Å². The summed E-state index contributed by atoms with van der Waals surface area (Å²) in [5, 5.41) is 6.72. The van der Waals surface area contributed by atoms with E-state index in [1.54, 1.807) is 5.56 Å². The summed E-state index contributed by atoms with van der Waals surface area (Å²) in [4.78, 5) is 0. The smallest absolute Gasteiger partial charge is 0.0203 e. The van der Waals surface area contributed by atoms with Crippen molar-refractivity contribution < 1.29 is 0 Å². The fourth-order valence-corrected chi connectivity index (χ4v) is 2.19. The molecule has 1 nitrogen and oxygen atoms in total. The minimum absolute atomic E-state index is 1.03. The highest BCUT2D eigenvalue weighted by Crippen LogP contribution is 2.15. The molecule has 0 aliphatic carbocycles. The van der Waals surface area contributed by atoms with Gasteiger partial charge >= 0.3 is 0 Å². The Morgan fingerprint density at radius 3 is 2.13 bits per heavy atom. The molecule has 0 radical (unpaired) electrons. The molecule has 0 amide bonds. The maximum Gasteiger partial charge on any atom is 0.0203 e. The normalized spacial score (nSPS) is 10.1. The van der Waals surface area contributed by atoms with Crippen molar-refractivity contribution >= 4 is 6.21 Å². The Balaban J connectivity index is 0. The number of unbranched alkanes of at least 4 members (excludes halogenated alkanes) is 1. The van der Waals surface area contributed by atoms with Gasteiger partial charge < -0.3 is 5.41 Å². The molecule has 0 bridgehead atoms. The number of benzene rings is 1. The molecule has 0 heterocycles. The lowest BCUT2D eigenvalue weighted by atomic mass is 9.98. The van der Waals surface area contributed by atoms with Crippen LogP contribution in [0.1, 0.15) is 83.9 Å². The second kappa shape index (κ2) is 17.0. The first-order valence-corrected chi connectivity index (χ1v) is 9.34. The van der Waals surface area contributed by atoms with E-state index in [4.69, 9.17) is 5.41 Å². The van der Waals surface area contributed by atoms with Gasteiger partial charge in [0.25, 0.3) is 0 Å². The first-order valence-electron chi connectivity index (χ1n) is 9.34. The summed E-state index contributed by atoms with van der Waals surface area (Å²) in [5.41, 5.74) is 5.56. The first kappa shape index (κ1) is 23.9. The molecule has 23 heavy (non-hydrogen) atoms. The summed E-state index contributed by atoms with van der Waals surface area (Å²) >= 11 is 0. The van der Waals surface area contributed by atoms with Gasteiger partial charge in [-0.15, -0.1) is 0 Å². The third-order valence-electron chi connectivity index (χ3n) is 3.51. The predicted octanol–water partition coefficient (Wildman–Crippen LogP) is 7.31. The Morgan fingerprint density at radius 2 is 1.70 bits per heavy atom. The third kappa shape index (κ3) is 12.8. The molecule has 1 N–H and O–H groups in total. The minimum Gasteiger partial charge on any atom is -0.308 e. The maximum absolute atomic E-state index is 6.72. The maximum atomic E-state index is 6.72. The second-order valence-corrected chi connectivity index (χ2v) is 5.62. The van der Waals surface area contributed by atoms with Crippen LogP contribution in [0.5, 0.6) is 0 Å². The molecule has 1 aromatic carbocycles. The number of aryl methyl sites for hydroxylation is 3.